The zero-order valence-electron chi connectivity index (χ0n) is 12.7. The Morgan fingerprint density at radius 3 is 3.00 bits per heavy atom. The van der Waals surface area contributed by atoms with Crippen LogP contribution in [0.25, 0.3) is 0 Å². The Kier molecular flexibility index (Phi) is 3.82. The highest BCUT2D eigenvalue weighted by Crippen LogP contribution is 2.31. The quantitative estimate of drug-likeness (QED) is 0.898. The summed E-state index contributed by atoms with van der Waals surface area (Å²) >= 11 is 0. The predicted octanol–water partition coefficient (Wildman–Crippen LogP) is 1.67. The summed E-state index contributed by atoms with van der Waals surface area (Å²) in [5, 5.41) is 19.3. The molecule has 0 saturated carbocycles. The monoisotopic (exact) mass is 289 g/mol. The highest BCUT2D eigenvalue weighted by molar-refractivity contribution is 5.12. The Morgan fingerprint density at radius 1 is 1.48 bits per heavy atom. The maximum Gasteiger partial charge on any atom is 0.123 e. The fourth-order valence-corrected chi connectivity index (χ4v) is 2.92. The van der Waals surface area contributed by atoms with Crippen LogP contribution in [0, 0.1) is 0 Å². The molecule has 1 saturated heterocycles. The van der Waals surface area contributed by atoms with Gasteiger partial charge in [0.2, 0.25) is 0 Å². The predicted molar refractivity (Wildman–Crippen MR) is 79.6 cm³/mol. The van der Waals surface area contributed by atoms with Gasteiger partial charge in [0.15, 0.2) is 0 Å². The summed E-state index contributed by atoms with van der Waals surface area (Å²) in [6.07, 6.45) is 7.52. The lowest BCUT2D eigenvalue weighted by molar-refractivity contribution is -0.0414. The van der Waals surface area contributed by atoms with Crippen molar-refractivity contribution in [2.24, 2.45) is 0 Å². The van der Waals surface area contributed by atoms with Crippen LogP contribution in [0.4, 0.5) is 0 Å². The molecule has 0 aliphatic carbocycles. The first-order chi connectivity index (χ1) is 10.1. The van der Waals surface area contributed by atoms with Gasteiger partial charge >= 0.3 is 0 Å². The molecule has 1 aliphatic heterocycles. The van der Waals surface area contributed by atoms with E-state index in [-0.39, 0.29) is 6.04 Å². The molecule has 3 rings (SSSR count). The van der Waals surface area contributed by atoms with E-state index in [2.05, 4.69) is 40.1 Å². The lowest BCUT2D eigenvalue weighted by Gasteiger charge is -2.37. The van der Waals surface area contributed by atoms with E-state index in [9.17, 15) is 5.11 Å². The van der Waals surface area contributed by atoms with Gasteiger partial charge in [0, 0.05) is 31.5 Å². The van der Waals surface area contributed by atoms with Crippen molar-refractivity contribution in [2.45, 2.75) is 44.9 Å². The van der Waals surface area contributed by atoms with Gasteiger partial charge in [-0.25, -0.2) is 4.68 Å². The average molecular weight is 289 g/mol. The summed E-state index contributed by atoms with van der Waals surface area (Å²) in [7, 11) is 0. The van der Waals surface area contributed by atoms with Crippen LogP contribution in [0.15, 0.2) is 24.7 Å². The van der Waals surface area contributed by atoms with Crippen molar-refractivity contribution in [1.29, 1.82) is 0 Å². The first-order valence-electron chi connectivity index (χ1n) is 7.55. The molecule has 0 amide bonds. The molecule has 0 unspecified atom stereocenters. The van der Waals surface area contributed by atoms with Gasteiger partial charge in [0.05, 0.1) is 6.20 Å². The number of hydrogen-bond donors (Lipinski definition) is 2. The normalized spacial score (nSPS) is 23.8. The first kappa shape index (κ1) is 14.3. The smallest absolute Gasteiger partial charge is 0.123 e. The Morgan fingerprint density at radius 2 is 2.33 bits per heavy atom. The van der Waals surface area contributed by atoms with Crippen molar-refractivity contribution in [3.8, 4) is 0 Å². The van der Waals surface area contributed by atoms with E-state index >= 15 is 0 Å². The molecule has 0 radical (unpaired) electrons. The summed E-state index contributed by atoms with van der Waals surface area (Å²) in [6, 6.07) is 2.33. The van der Waals surface area contributed by atoms with E-state index < -0.39 is 5.60 Å². The van der Waals surface area contributed by atoms with Gasteiger partial charge in [-0.2, -0.15) is 0 Å². The molecule has 0 aromatic carbocycles. The van der Waals surface area contributed by atoms with E-state index in [0.29, 0.717) is 12.2 Å². The van der Waals surface area contributed by atoms with E-state index in [1.165, 1.54) is 5.56 Å². The summed E-state index contributed by atoms with van der Waals surface area (Å²) in [5.41, 5.74) is 1.04. The van der Waals surface area contributed by atoms with E-state index in [1.807, 2.05) is 18.6 Å². The Hall–Kier alpha value is -1.66. The summed E-state index contributed by atoms with van der Waals surface area (Å²) in [5.74, 6) is 0. The molecule has 2 aromatic heterocycles. The van der Waals surface area contributed by atoms with Gasteiger partial charge < -0.3 is 10.1 Å². The molecular formula is C15H23N5O. The molecule has 1 atom stereocenters. The molecule has 0 bridgehead atoms. The minimum atomic E-state index is -0.887. The molecule has 6 heteroatoms. The second kappa shape index (κ2) is 5.61. The molecule has 21 heavy (non-hydrogen) atoms. The zero-order valence-corrected chi connectivity index (χ0v) is 12.7. The van der Waals surface area contributed by atoms with Crippen molar-refractivity contribution in [3.63, 3.8) is 0 Å². The van der Waals surface area contributed by atoms with Gasteiger partial charge in [0.25, 0.3) is 0 Å². The summed E-state index contributed by atoms with van der Waals surface area (Å²) < 4.78 is 1.80. The number of nitrogens with one attached hydrogen (secondary N) is 1. The number of piperidine rings is 1. The van der Waals surface area contributed by atoms with Crippen LogP contribution >= 0.6 is 0 Å². The van der Waals surface area contributed by atoms with Gasteiger partial charge in [-0.15, -0.1) is 5.10 Å². The van der Waals surface area contributed by atoms with Crippen molar-refractivity contribution < 1.29 is 5.11 Å². The SMILES string of the molecule is CC(C)n1cc([C@@]2(O)CCCN(Cc3cc[nH]c3)C2)nn1. The maximum atomic E-state index is 11.0. The number of β-amino-alcohol motifs (C(OH)–C–C–N with tert-alkyl or cyclic N) is 1. The number of aromatic nitrogens is 4. The van der Waals surface area contributed by atoms with Crippen molar-refractivity contribution >= 4 is 0 Å². The van der Waals surface area contributed by atoms with Crippen molar-refractivity contribution in [3.05, 3.63) is 35.9 Å². The Bertz CT molecular complexity index is 577. The molecule has 2 aromatic rings. The molecule has 114 valence electrons. The molecule has 1 fully saturated rings. The lowest BCUT2D eigenvalue weighted by atomic mass is 9.90. The fraction of sp³-hybridized carbons (Fsp3) is 0.600. The Labute approximate surface area is 124 Å². The van der Waals surface area contributed by atoms with Crippen LogP contribution in [-0.2, 0) is 12.1 Å². The average Bonchev–Trinajstić information content (AvgIpc) is 3.09. The number of likely N-dealkylation sites (tertiary alicyclic amines) is 1. The van der Waals surface area contributed by atoms with E-state index in [0.717, 1.165) is 25.9 Å². The van der Waals surface area contributed by atoms with Crippen LogP contribution in [0.5, 0.6) is 0 Å². The molecule has 2 N–H and O–H groups in total. The van der Waals surface area contributed by atoms with Gasteiger partial charge in [0.1, 0.15) is 11.3 Å². The van der Waals surface area contributed by atoms with Crippen LogP contribution in [0.2, 0.25) is 0 Å². The summed E-state index contributed by atoms with van der Waals surface area (Å²) in [6.45, 7) is 6.58. The minimum Gasteiger partial charge on any atom is -0.382 e. The van der Waals surface area contributed by atoms with Gasteiger partial charge in [-0.3, -0.25) is 4.90 Å². The minimum absolute atomic E-state index is 0.259. The second-order valence-corrected chi connectivity index (χ2v) is 6.24. The van der Waals surface area contributed by atoms with Crippen LogP contribution in [0.3, 0.4) is 0 Å². The lowest BCUT2D eigenvalue weighted by Crippen LogP contribution is -2.45. The third kappa shape index (κ3) is 3.01. The molecule has 6 nitrogen and oxygen atoms in total. The fourth-order valence-electron chi connectivity index (χ4n) is 2.92. The van der Waals surface area contributed by atoms with Crippen LogP contribution < -0.4 is 0 Å². The standard InChI is InChI=1S/C15H23N5O/c1-12(2)20-10-14(17-18-20)15(21)5-3-7-19(11-15)9-13-4-6-16-8-13/h4,6,8,10,12,16,21H,3,5,7,9,11H2,1-2H3/t15-/m1/s1. The molecule has 1 aliphatic rings. The number of H-pyrrole nitrogens is 1. The largest absolute Gasteiger partial charge is 0.382 e. The highest BCUT2D eigenvalue weighted by Gasteiger charge is 2.37. The van der Waals surface area contributed by atoms with E-state index in [4.69, 9.17) is 0 Å². The van der Waals surface area contributed by atoms with Crippen molar-refractivity contribution in [2.75, 3.05) is 13.1 Å². The topological polar surface area (TPSA) is 70.0 Å². The summed E-state index contributed by atoms with van der Waals surface area (Å²) in [4.78, 5) is 5.35. The third-order valence-electron chi connectivity index (χ3n) is 4.13. The third-order valence-corrected chi connectivity index (χ3v) is 4.13. The van der Waals surface area contributed by atoms with Crippen LogP contribution in [-0.4, -0.2) is 43.1 Å². The first-order valence-corrected chi connectivity index (χ1v) is 7.55. The van der Waals surface area contributed by atoms with Gasteiger partial charge in [-0.05, 0) is 44.9 Å². The number of hydrogen-bond acceptors (Lipinski definition) is 4. The second-order valence-electron chi connectivity index (χ2n) is 6.24. The molecule has 3 heterocycles. The molecular weight excluding hydrogens is 266 g/mol. The number of rotatable bonds is 4. The van der Waals surface area contributed by atoms with Crippen LogP contribution in [0.1, 0.15) is 44.0 Å². The number of aromatic amines is 1. The number of nitrogens with zero attached hydrogens (tertiary/aromatic N) is 4. The van der Waals surface area contributed by atoms with E-state index in [1.54, 1.807) is 4.68 Å². The maximum absolute atomic E-state index is 11.0. The van der Waals surface area contributed by atoms with Crippen molar-refractivity contribution in [1.82, 2.24) is 24.9 Å². The number of aliphatic hydroxyl groups is 1. The molecule has 0 spiro atoms. The van der Waals surface area contributed by atoms with Gasteiger partial charge in [-0.1, -0.05) is 5.21 Å². The highest BCUT2D eigenvalue weighted by atomic mass is 16.3. The zero-order chi connectivity index (χ0) is 14.9. The Balaban J connectivity index is 1.73.